The zero-order valence-corrected chi connectivity index (χ0v) is 20.0. The average molecular weight is 485 g/mol. The van der Waals surface area contributed by atoms with Crippen LogP contribution in [0.4, 0.5) is 4.39 Å². The quantitative estimate of drug-likeness (QED) is 0.391. The first-order valence-corrected chi connectivity index (χ1v) is 11.5. The second kappa shape index (κ2) is 10.3. The summed E-state index contributed by atoms with van der Waals surface area (Å²) in [6.07, 6.45) is 3.58. The highest BCUT2D eigenvalue weighted by molar-refractivity contribution is 5.67. The lowest BCUT2D eigenvalue weighted by molar-refractivity contribution is -0.136. The summed E-state index contributed by atoms with van der Waals surface area (Å²) < 4.78 is 37.3. The van der Waals surface area contributed by atoms with Gasteiger partial charge in [-0.2, -0.15) is 0 Å². The number of benzene rings is 1. The minimum absolute atomic E-state index is 0.0290. The van der Waals surface area contributed by atoms with E-state index in [0.29, 0.717) is 41.6 Å². The van der Waals surface area contributed by atoms with Crippen molar-refractivity contribution in [2.24, 2.45) is 11.3 Å². The van der Waals surface area contributed by atoms with Gasteiger partial charge in [0.05, 0.1) is 25.5 Å². The third kappa shape index (κ3) is 6.09. The number of hydrogen-bond donors (Lipinski definition) is 1. The predicted octanol–water partition coefficient (Wildman–Crippen LogP) is 5.30. The maximum atomic E-state index is 14.6. The molecule has 4 rings (SSSR count). The monoisotopic (exact) mass is 484 g/mol. The van der Waals surface area contributed by atoms with Gasteiger partial charge in [0.2, 0.25) is 11.6 Å². The van der Waals surface area contributed by atoms with Crippen molar-refractivity contribution >= 4 is 5.97 Å². The second-order valence-corrected chi connectivity index (χ2v) is 9.57. The molecule has 0 saturated heterocycles. The standard InChI is InChI=1S/C26H29FN2O6/c1-26(2)11-17(12-26)14-34-25-21(15-33-18-6-4-5-16(9-18)7-8-23(30)31)29-35-24(25)19-10-22(32-3)28-13-20(19)27/h4-6,9-10,13,17H,7-8,11-12,14-15H2,1-3H3,(H,30,31). The molecule has 1 aliphatic rings. The van der Waals surface area contributed by atoms with Crippen LogP contribution in [0.25, 0.3) is 11.3 Å². The van der Waals surface area contributed by atoms with Crippen LogP contribution in [0.15, 0.2) is 41.1 Å². The molecule has 0 amide bonds. The lowest BCUT2D eigenvalue weighted by Crippen LogP contribution is -2.35. The molecule has 0 spiro atoms. The van der Waals surface area contributed by atoms with Gasteiger partial charge in [0, 0.05) is 12.5 Å². The minimum Gasteiger partial charge on any atom is -0.487 e. The summed E-state index contributed by atoms with van der Waals surface area (Å²) in [5, 5.41) is 13.0. The van der Waals surface area contributed by atoms with Gasteiger partial charge in [0.1, 0.15) is 12.4 Å². The number of ether oxygens (including phenoxy) is 3. The van der Waals surface area contributed by atoms with Gasteiger partial charge in [-0.3, -0.25) is 4.79 Å². The molecule has 0 atom stereocenters. The molecule has 186 valence electrons. The van der Waals surface area contributed by atoms with E-state index in [9.17, 15) is 9.18 Å². The number of hydrogen-bond acceptors (Lipinski definition) is 7. The van der Waals surface area contributed by atoms with Crippen molar-refractivity contribution in [1.29, 1.82) is 0 Å². The lowest BCUT2D eigenvalue weighted by Gasteiger charge is -2.42. The number of pyridine rings is 1. The SMILES string of the molecule is COc1cc(-c2onc(COc3cccc(CCC(=O)O)c3)c2OCC2CC(C)(C)C2)c(F)cn1. The van der Waals surface area contributed by atoms with Crippen molar-refractivity contribution in [2.45, 2.75) is 46.1 Å². The van der Waals surface area contributed by atoms with Crippen LogP contribution in [-0.4, -0.2) is 34.9 Å². The van der Waals surface area contributed by atoms with E-state index in [1.54, 1.807) is 18.2 Å². The summed E-state index contributed by atoms with van der Waals surface area (Å²) >= 11 is 0. The highest BCUT2D eigenvalue weighted by Crippen LogP contribution is 2.45. The van der Waals surface area contributed by atoms with Gasteiger partial charge >= 0.3 is 5.97 Å². The Bertz CT molecular complexity index is 1180. The van der Waals surface area contributed by atoms with Gasteiger partial charge in [-0.25, -0.2) is 9.37 Å². The number of aromatic nitrogens is 2. The number of carbonyl (C=O) groups is 1. The van der Waals surface area contributed by atoms with Crippen molar-refractivity contribution in [2.75, 3.05) is 13.7 Å². The molecule has 1 saturated carbocycles. The Morgan fingerprint density at radius 2 is 2.06 bits per heavy atom. The Kier molecular flexibility index (Phi) is 7.23. The zero-order chi connectivity index (χ0) is 25.0. The van der Waals surface area contributed by atoms with E-state index in [0.717, 1.165) is 24.6 Å². The van der Waals surface area contributed by atoms with Crippen molar-refractivity contribution in [3.63, 3.8) is 0 Å². The highest BCUT2D eigenvalue weighted by Gasteiger charge is 2.37. The van der Waals surface area contributed by atoms with Crippen molar-refractivity contribution in [1.82, 2.24) is 10.1 Å². The van der Waals surface area contributed by atoms with E-state index in [2.05, 4.69) is 24.0 Å². The van der Waals surface area contributed by atoms with Crippen LogP contribution in [-0.2, 0) is 17.8 Å². The summed E-state index contributed by atoms with van der Waals surface area (Å²) in [4.78, 5) is 14.7. The number of aryl methyl sites for hydroxylation is 1. The number of carboxylic acid groups (broad SMARTS) is 1. The fraction of sp³-hybridized carbons (Fsp3) is 0.423. The molecule has 2 heterocycles. The first-order valence-electron chi connectivity index (χ1n) is 11.5. The first-order chi connectivity index (χ1) is 16.7. The van der Waals surface area contributed by atoms with E-state index in [1.165, 1.54) is 13.2 Å². The highest BCUT2D eigenvalue weighted by atomic mass is 19.1. The van der Waals surface area contributed by atoms with Crippen LogP contribution >= 0.6 is 0 Å². The molecule has 0 bridgehead atoms. The van der Waals surface area contributed by atoms with Crippen LogP contribution in [0.3, 0.4) is 0 Å². The molecule has 0 radical (unpaired) electrons. The number of methoxy groups -OCH3 is 1. The van der Waals surface area contributed by atoms with E-state index < -0.39 is 11.8 Å². The van der Waals surface area contributed by atoms with Crippen LogP contribution < -0.4 is 14.2 Å². The molecule has 1 fully saturated rings. The van der Waals surface area contributed by atoms with Gasteiger partial charge in [-0.15, -0.1) is 0 Å². The van der Waals surface area contributed by atoms with E-state index in [1.807, 2.05) is 6.07 Å². The van der Waals surface area contributed by atoms with Gasteiger partial charge in [0.15, 0.2) is 17.3 Å². The first kappa shape index (κ1) is 24.5. The smallest absolute Gasteiger partial charge is 0.303 e. The molecule has 8 nitrogen and oxygen atoms in total. The molecule has 2 aromatic heterocycles. The fourth-order valence-electron chi connectivity index (χ4n) is 4.45. The molecular weight excluding hydrogens is 455 g/mol. The van der Waals surface area contributed by atoms with Crippen LogP contribution in [0.1, 0.15) is 44.4 Å². The molecule has 1 N–H and O–H groups in total. The Balaban J connectivity index is 1.55. The van der Waals surface area contributed by atoms with Crippen molar-refractivity contribution in [3.05, 3.63) is 53.6 Å². The molecule has 1 aliphatic carbocycles. The number of nitrogens with zero attached hydrogens (tertiary/aromatic N) is 2. The molecule has 1 aromatic carbocycles. The second-order valence-electron chi connectivity index (χ2n) is 9.57. The van der Waals surface area contributed by atoms with Crippen LogP contribution in [0.5, 0.6) is 17.4 Å². The predicted molar refractivity (Wildman–Crippen MR) is 125 cm³/mol. The van der Waals surface area contributed by atoms with E-state index >= 15 is 0 Å². The van der Waals surface area contributed by atoms with Crippen molar-refractivity contribution in [3.8, 4) is 28.7 Å². The number of carboxylic acids is 1. The number of halogens is 1. The average Bonchev–Trinajstić information content (AvgIpc) is 3.21. The lowest BCUT2D eigenvalue weighted by atomic mass is 9.65. The summed E-state index contributed by atoms with van der Waals surface area (Å²) in [7, 11) is 1.45. The zero-order valence-electron chi connectivity index (χ0n) is 20.0. The Hall–Kier alpha value is -3.62. The van der Waals surface area contributed by atoms with Crippen LogP contribution in [0, 0.1) is 17.2 Å². The molecule has 0 aliphatic heterocycles. The number of rotatable bonds is 11. The Morgan fingerprint density at radius 3 is 2.77 bits per heavy atom. The Morgan fingerprint density at radius 1 is 1.26 bits per heavy atom. The van der Waals surface area contributed by atoms with E-state index in [-0.39, 0.29) is 30.2 Å². The molecule has 3 aromatic rings. The minimum atomic E-state index is -0.858. The molecule has 9 heteroatoms. The largest absolute Gasteiger partial charge is 0.487 e. The molecule has 0 unspecified atom stereocenters. The molecule has 35 heavy (non-hydrogen) atoms. The molecular formula is C26H29FN2O6. The summed E-state index contributed by atoms with van der Waals surface area (Å²) in [6, 6.07) is 8.64. The van der Waals surface area contributed by atoms with Gasteiger partial charge < -0.3 is 23.8 Å². The summed E-state index contributed by atoms with van der Waals surface area (Å²) in [5.74, 6) is 0.211. The van der Waals surface area contributed by atoms with Gasteiger partial charge in [0.25, 0.3) is 0 Å². The van der Waals surface area contributed by atoms with E-state index in [4.69, 9.17) is 23.8 Å². The fourth-order valence-corrected chi connectivity index (χ4v) is 4.45. The normalized spacial score (nSPS) is 14.9. The summed E-state index contributed by atoms with van der Waals surface area (Å²) in [6.45, 7) is 4.92. The maximum Gasteiger partial charge on any atom is 0.303 e. The summed E-state index contributed by atoms with van der Waals surface area (Å²) in [5.41, 5.74) is 1.67. The van der Waals surface area contributed by atoms with Crippen molar-refractivity contribution < 1.29 is 33.0 Å². The van der Waals surface area contributed by atoms with Gasteiger partial charge in [-0.05, 0) is 48.3 Å². The third-order valence-corrected chi connectivity index (χ3v) is 6.05. The number of aliphatic carboxylic acids is 1. The maximum absolute atomic E-state index is 14.6. The van der Waals surface area contributed by atoms with Crippen LogP contribution in [0.2, 0.25) is 0 Å². The topological polar surface area (TPSA) is 104 Å². The Labute approximate surface area is 203 Å². The van der Waals surface area contributed by atoms with Gasteiger partial charge in [-0.1, -0.05) is 31.1 Å². The third-order valence-electron chi connectivity index (χ3n) is 6.05.